The number of benzene rings is 1. The van der Waals surface area contributed by atoms with Gasteiger partial charge in [-0.2, -0.15) is 0 Å². The predicted octanol–water partition coefficient (Wildman–Crippen LogP) is 1.98. The smallest absolute Gasteiger partial charge is 0.308 e. The van der Waals surface area contributed by atoms with Crippen LogP contribution in [0.5, 0.6) is 0 Å². The summed E-state index contributed by atoms with van der Waals surface area (Å²) < 4.78 is 18.9. The number of esters is 1. The second-order valence-corrected chi connectivity index (χ2v) is 5.51. The normalized spacial score (nSPS) is 21.9. The summed E-state index contributed by atoms with van der Waals surface area (Å²) in [5.74, 6) is -1.57. The minimum atomic E-state index is -1.63. The molecule has 1 aromatic carbocycles. The number of ether oxygens (including phenoxy) is 1. The van der Waals surface area contributed by atoms with Gasteiger partial charge in [-0.05, 0) is 19.4 Å². The molecule has 1 heterocycles. The number of nitrogens with one attached hydrogen (secondary N) is 1. The van der Waals surface area contributed by atoms with Gasteiger partial charge in [-0.15, -0.1) is 0 Å². The maximum absolute atomic E-state index is 13.8. The van der Waals surface area contributed by atoms with Crippen LogP contribution in [-0.4, -0.2) is 23.6 Å². The first-order chi connectivity index (χ1) is 9.38. The van der Waals surface area contributed by atoms with E-state index >= 15 is 0 Å². The quantitative estimate of drug-likeness (QED) is 0.662. The van der Waals surface area contributed by atoms with E-state index in [0.717, 1.165) is 5.56 Å². The molecule has 1 N–H and O–H groups in total. The number of hydrogen-bond acceptors (Lipinski definition) is 3. The lowest BCUT2D eigenvalue weighted by Crippen LogP contribution is -2.64. The molecule has 2 atom stereocenters. The summed E-state index contributed by atoms with van der Waals surface area (Å²) in [6, 6.07) is 8.82. The van der Waals surface area contributed by atoms with Gasteiger partial charge in [0.25, 0.3) is 0 Å². The molecule has 0 bridgehead atoms. The first-order valence-electron chi connectivity index (χ1n) is 6.57. The molecule has 0 radical (unpaired) electrons. The standard InChI is InChI=1S/C15H18FNO3/c1-15(2,16)13-11(17-14(13)19)8-12(18)20-9-10-6-4-3-5-7-10/h3-7,11,13H,8-9H2,1-2H3,(H,17,19). The van der Waals surface area contributed by atoms with Crippen LogP contribution >= 0.6 is 0 Å². The Hall–Kier alpha value is -1.91. The van der Waals surface area contributed by atoms with Crippen LogP contribution in [0, 0.1) is 5.92 Å². The molecule has 4 nitrogen and oxygen atoms in total. The summed E-state index contributed by atoms with van der Waals surface area (Å²) in [4.78, 5) is 23.0. The molecule has 1 fully saturated rings. The molecular weight excluding hydrogens is 261 g/mol. The van der Waals surface area contributed by atoms with Gasteiger partial charge in [0.05, 0.1) is 18.4 Å². The van der Waals surface area contributed by atoms with Crippen molar-refractivity contribution in [2.75, 3.05) is 0 Å². The molecule has 2 unspecified atom stereocenters. The fourth-order valence-electron chi connectivity index (χ4n) is 2.38. The zero-order valence-electron chi connectivity index (χ0n) is 11.6. The van der Waals surface area contributed by atoms with Crippen molar-refractivity contribution in [3.05, 3.63) is 35.9 Å². The third-order valence-electron chi connectivity index (χ3n) is 3.38. The minimum Gasteiger partial charge on any atom is -0.461 e. The Bertz CT molecular complexity index is 496. The monoisotopic (exact) mass is 279 g/mol. The number of alkyl halides is 1. The van der Waals surface area contributed by atoms with E-state index in [4.69, 9.17) is 4.74 Å². The largest absolute Gasteiger partial charge is 0.461 e. The van der Waals surface area contributed by atoms with Crippen molar-refractivity contribution in [2.24, 2.45) is 5.92 Å². The van der Waals surface area contributed by atoms with Crippen molar-refractivity contribution in [3.8, 4) is 0 Å². The van der Waals surface area contributed by atoms with E-state index in [0.29, 0.717) is 0 Å². The van der Waals surface area contributed by atoms with E-state index in [1.807, 2.05) is 30.3 Å². The van der Waals surface area contributed by atoms with Gasteiger partial charge >= 0.3 is 5.97 Å². The molecule has 5 heteroatoms. The molecule has 2 rings (SSSR count). The van der Waals surface area contributed by atoms with Gasteiger partial charge in [-0.25, -0.2) is 4.39 Å². The Labute approximate surface area is 117 Å². The molecule has 1 aromatic rings. The number of amides is 1. The summed E-state index contributed by atoms with van der Waals surface area (Å²) in [5.41, 5.74) is -0.743. The average Bonchev–Trinajstić information content (AvgIpc) is 2.34. The highest BCUT2D eigenvalue weighted by atomic mass is 19.1. The number of hydrogen-bond donors (Lipinski definition) is 1. The molecule has 0 aliphatic carbocycles. The van der Waals surface area contributed by atoms with Crippen molar-refractivity contribution < 1.29 is 18.7 Å². The van der Waals surface area contributed by atoms with Gasteiger partial charge in [0, 0.05) is 0 Å². The third kappa shape index (κ3) is 3.35. The highest BCUT2D eigenvalue weighted by Crippen LogP contribution is 2.32. The lowest BCUT2D eigenvalue weighted by molar-refractivity contribution is -0.151. The maximum Gasteiger partial charge on any atom is 0.308 e. The molecule has 0 spiro atoms. The van der Waals surface area contributed by atoms with Crippen molar-refractivity contribution in [1.82, 2.24) is 5.32 Å². The highest BCUT2D eigenvalue weighted by Gasteiger charge is 2.50. The second kappa shape index (κ2) is 5.61. The number of β-lactam (4-membered cyclic amide) rings is 1. The molecule has 1 amide bonds. The molecular formula is C15H18FNO3. The lowest BCUT2D eigenvalue weighted by Gasteiger charge is -2.41. The average molecular weight is 279 g/mol. The fraction of sp³-hybridized carbons (Fsp3) is 0.467. The maximum atomic E-state index is 13.8. The zero-order valence-corrected chi connectivity index (χ0v) is 11.6. The molecule has 0 saturated carbocycles. The van der Waals surface area contributed by atoms with E-state index in [1.165, 1.54) is 13.8 Å². The van der Waals surface area contributed by atoms with Crippen LogP contribution in [-0.2, 0) is 20.9 Å². The van der Waals surface area contributed by atoms with Crippen molar-refractivity contribution in [2.45, 2.75) is 38.6 Å². The van der Waals surface area contributed by atoms with Gasteiger partial charge in [0.2, 0.25) is 5.91 Å². The van der Waals surface area contributed by atoms with Crippen molar-refractivity contribution >= 4 is 11.9 Å². The van der Waals surface area contributed by atoms with E-state index < -0.39 is 23.6 Å². The van der Waals surface area contributed by atoms with Gasteiger partial charge in [0.15, 0.2) is 0 Å². The molecule has 1 aliphatic heterocycles. The molecule has 20 heavy (non-hydrogen) atoms. The lowest BCUT2D eigenvalue weighted by atomic mass is 9.78. The summed E-state index contributed by atoms with van der Waals surface area (Å²) in [7, 11) is 0. The second-order valence-electron chi connectivity index (χ2n) is 5.51. The number of rotatable bonds is 5. The van der Waals surface area contributed by atoms with Crippen LogP contribution < -0.4 is 5.32 Å². The molecule has 1 saturated heterocycles. The van der Waals surface area contributed by atoms with Gasteiger partial charge in [0.1, 0.15) is 12.3 Å². The number of carbonyl (C=O) groups is 2. The highest BCUT2D eigenvalue weighted by molar-refractivity contribution is 5.88. The zero-order chi connectivity index (χ0) is 14.8. The Morgan fingerprint density at radius 2 is 2.00 bits per heavy atom. The van der Waals surface area contributed by atoms with Gasteiger partial charge in [-0.1, -0.05) is 30.3 Å². The number of halogens is 1. The van der Waals surface area contributed by atoms with Crippen molar-refractivity contribution in [3.63, 3.8) is 0 Å². The topological polar surface area (TPSA) is 55.4 Å². The van der Waals surface area contributed by atoms with E-state index in [2.05, 4.69) is 5.32 Å². The fourth-order valence-corrected chi connectivity index (χ4v) is 2.38. The molecule has 1 aliphatic rings. The Kier molecular flexibility index (Phi) is 4.06. The van der Waals surface area contributed by atoms with E-state index in [9.17, 15) is 14.0 Å². The first-order valence-corrected chi connectivity index (χ1v) is 6.57. The van der Waals surface area contributed by atoms with Gasteiger partial charge in [-0.3, -0.25) is 9.59 Å². The molecule has 0 aromatic heterocycles. The summed E-state index contributed by atoms with van der Waals surface area (Å²) in [6.07, 6.45) is -0.00338. The number of carbonyl (C=O) groups excluding carboxylic acids is 2. The van der Waals surface area contributed by atoms with Crippen LogP contribution in [0.25, 0.3) is 0 Å². The van der Waals surface area contributed by atoms with Crippen LogP contribution in [0.3, 0.4) is 0 Å². The van der Waals surface area contributed by atoms with Gasteiger partial charge < -0.3 is 10.1 Å². The van der Waals surface area contributed by atoms with Crippen LogP contribution in [0.1, 0.15) is 25.8 Å². The SMILES string of the molecule is CC(C)(F)C1C(=O)NC1CC(=O)OCc1ccccc1. The minimum absolute atomic E-state index is 0.00338. The summed E-state index contributed by atoms with van der Waals surface area (Å²) in [5, 5.41) is 2.55. The Balaban J connectivity index is 1.82. The van der Waals surface area contributed by atoms with E-state index in [-0.39, 0.29) is 18.9 Å². The first kappa shape index (κ1) is 14.5. The van der Waals surface area contributed by atoms with Crippen LogP contribution in [0.15, 0.2) is 30.3 Å². The molecule has 108 valence electrons. The third-order valence-corrected chi connectivity index (χ3v) is 3.38. The van der Waals surface area contributed by atoms with Crippen LogP contribution in [0.2, 0.25) is 0 Å². The Morgan fingerprint density at radius 1 is 1.35 bits per heavy atom. The summed E-state index contributed by atoms with van der Waals surface area (Å²) in [6.45, 7) is 2.88. The van der Waals surface area contributed by atoms with Crippen LogP contribution in [0.4, 0.5) is 4.39 Å². The van der Waals surface area contributed by atoms with Crippen molar-refractivity contribution in [1.29, 1.82) is 0 Å². The summed E-state index contributed by atoms with van der Waals surface area (Å²) >= 11 is 0. The van der Waals surface area contributed by atoms with E-state index in [1.54, 1.807) is 0 Å². The Morgan fingerprint density at radius 3 is 2.55 bits per heavy atom. The predicted molar refractivity (Wildman–Crippen MR) is 71.5 cm³/mol.